The Hall–Kier alpha value is -3.54. The third kappa shape index (κ3) is 6.11. The van der Waals surface area contributed by atoms with Crippen LogP contribution in [0.3, 0.4) is 0 Å². The number of hydrogen-bond donors (Lipinski definition) is 1. The first-order valence-electron chi connectivity index (χ1n) is 11.0. The predicted molar refractivity (Wildman–Crippen MR) is 136 cm³/mol. The van der Waals surface area contributed by atoms with Gasteiger partial charge in [0.1, 0.15) is 12.2 Å². The molecule has 0 aliphatic heterocycles. The maximum absolute atomic E-state index is 13.5. The molecular formula is C23H15ClF6IN7O2. The number of aryl methyl sites for hydroxylation is 1. The van der Waals surface area contributed by atoms with Gasteiger partial charge in [-0.1, -0.05) is 11.6 Å². The van der Waals surface area contributed by atoms with Crippen LogP contribution in [-0.4, -0.2) is 41.4 Å². The van der Waals surface area contributed by atoms with Crippen molar-refractivity contribution in [2.45, 2.75) is 32.2 Å². The predicted octanol–water partition coefficient (Wildman–Crippen LogP) is 5.04. The van der Waals surface area contributed by atoms with Gasteiger partial charge in [0, 0.05) is 21.8 Å². The Labute approximate surface area is 239 Å². The van der Waals surface area contributed by atoms with Crippen molar-refractivity contribution in [1.82, 2.24) is 29.8 Å². The molecule has 0 aliphatic rings. The van der Waals surface area contributed by atoms with Crippen LogP contribution in [-0.2, 0) is 25.3 Å². The third-order valence-electron chi connectivity index (χ3n) is 5.52. The zero-order valence-corrected chi connectivity index (χ0v) is 22.9. The summed E-state index contributed by atoms with van der Waals surface area (Å²) in [6.45, 7) is 0.918. The van der Waals surface area contributed by atoms with Crippen LogP contribution in [0.5, 0.6) is 0 Å². The number of hydrogen-bond acceptors (Lipinski definition) is 6. The lowest BCUT2D eigenvalue weighted by molar-refractivity contribution is -0.165. The summed E-state index contributed by atoms with van der Waals surface area (Å²) in [5.74, 6) is -1.42. The molecule has 4 aromatic rings. The Morgan fingerprint density at radius 3 is 2.20 bits per heavy atom. The molecule has 0 unspecified atom stereocenters. The maximum Gasteiger partial charge on any atom is 0.437 e. The van der Waals surface area contributed by atoms with Gasteiger partial charge >= 0.3 is 12.4 Å². The monoisotopic (exact) mass is 697 g/mol. The van der Waals surface area contributed by atoms with Crippen LogP contribution in [0.15, 0.2) is 36.5 Å². The van der Waals surface area contributed by atoms with E-state index in [4.69, 9.17) is 17.3 Å². The van der Waals surface area contributed by atoms with Gasteiger partial charge in [0.25, 0.3) is 0 Å². The number of rotatable bonds is 7. The van der Waals surface area contributed by atoms with E-state index in [9.17, 15) is 35.9 Å². The topological polar surface area (TPSA) is 122 Å². The largest absolute Gasteiger partial charge is 0.437 e. The van der Waals surface area contributed by atoms with Gasteiger partial charge in [0.15, 0.2) is 23.0 Å². The van der Waals surface area contributed by atoms with Crippen LogP contribution in [0.2, 0.25) is 5.02 Å². The van der Waals surface area contributed by atoms with E-state index in [-0.39, 0.29) is 39.0 Å². The number of primary amides is 1. The molecule has 0 aliphatic carbocycles. The molecule has 2 N–H and O–H groups in total. The Bertz CT molecular complexity index is 1600. The van der Waals surface area contributed by atoms with Gasteiger partial charge in [-0.25, -0.2) is 9.67 Å². The van der Waals surface area contributed by atoms with Crippen molar-refractivity contribution in [2.24, 2.45) is 5.73 Å². The molecule has 0 radical (unpaired) electrons. The van der Waals surface area contributed by atoms with Gasteiger partial charge in [0.05, 0.1) is 10.7 Å². The molecule has 0 bridgehead atoms. The Kier molecular flexibility index (Phi) is 7.94. The second-order valence-corrected chi connectivity index (χ2v) is 10.0. The first-order chi connectivity index (χ1) is 18.6. The zero-order valence-electron chi connectivity index (χ0n) is 20.0. The standard InChI is InChI=1S/C23H15ClF6IN7O2/c1-10-5-11(31)6-14(20(32)40)13(10)8-17(39)16-7-12(34-38(16)21-15(24)3-2-4-33-21)9-37-35-18(22(25,26)27)19(36-37)23(28,29)30/h2-7H,8-9H2,1H3,(H2,32,40). The second-order valence-electron chi connectivity index (χ2n) is 8.38. The number of Topliss-reactive ketones (excluding diaryl/α,β-unsaturated/α-hetero) is 1. The van der Waals surface area contributed by atoms with Crippen molar-refractivity contribution in [3.05, 3.63) is 84.6 Å². The molecule has 0 fully saturated rings. The second kappa shape index (κ2) is 10.8. The van der Waals surface area contributed by atoms with Crippen LogP contribution in [0.1, 0.15) is 49.1 Å². The van der Waals surface area contributed by atoms with Crippen molar-refractivity contribution >= 4 is 45.9 Å². The lowest BCUT2D eigenvalue weighted by Gasteiger charge is -2.12. The van der Waals surface area contributed by atoms with E-state index >= 15 is 0 Å². The molecular weight excluding hydrogens is 683 g/mol. The summed E-state index contributed by atoms with van der Waals surface area (Å²) < 4.78 is 80.8. The summed E-state index contributed by atoms with van der Waals surface area (Å²) in [5.41, 5.74) is 1.78. The molecule has 0 spiro atoms. The van der Waals surface area contributed by atoms with E-state index in [1.807, 2.05) is 22.6 Å². The first kappa shape index (κ1) is 29.4. The van der Waals surface area contributed by atoms with Crippen LogP contribution >= 0.6 is 34.2 Å². The highest BCUT2D eigenvalue weighted by atomic mass is 127. The Balaban J connectivity index is 1.79. The quantitative estimate of drug-likeness (QED) is 0.164. The molecule has 0 saturated carbocycles. The van der Waals surface area contributed by atoms with Crippen molar-refractivity contribution in [2.75, 3.05) is 0 Å². The smallest absolute Gasteiger partial charge is 0.366 e. The van der Waals surface area contributed by atoms with E-state index in [0.717, 1.165) is 10.7 Å². The van der Waals surface area contributed by atoms with Gasteiger partial charge < -0.3 is 5.73 Å². The fraction of sp³-hybridized carbons (Fsp3) is 0.217. The van der Waals surface area contributed by atoms with Crippen LogP contribution in [0, 0.1) is 10.5 Å². The van der Waals surface area contributed by atoms with Gasteiger partial charge in [-0.15, -0.1) is 10.2 Å². The first-order valence-corrected chi connectivity index (χ1v) is 12.4. The van der Waals surface area contributed by atoms with Crippen molar-refractivity contribution in [3.63, 3.8) is 0 Å². The SMILES string of the molecule is Cc1cc(I)cc(C(N)=O)c1CC(=O)c1cc(Cn2nc(C(F)(F)F)c(C(F)(F)F)n2)nn1-c1ncccc1Cl. The average molecular weight is 698 g/mol. The number of pyridine rings is 1. The number of nitrogens with two attached hydrogens (primary N) is 1. The summed E-state index contributed by atoms with van der Waals surface area (Å²) in [7, 11) is 0. The van der Waals surface area contributed by atoms with Crippen LogP contribution < -0.4 is 5.73 Å². The number of ketones is 1. The molecule has 4 rings (SSSR count). The van der Waals surface area contributed by atoms with Crippen molar-refractivity contribution in [1.29, 1.82) is 0 Å². The van der Waals surface area contributed by atoms with Gasteiger partial charge in [-0.3, -0.25) is 9.59 Å². The number of benzene rings is 1. The van der Waals surface area contributed by atoms with E-state index in [2.05, 4.69) is 20.3 Å². The summed E-state index contributed by atoms with van der Waals surface area (Å²) in [6, 6.07) is 7.32. The number of carbonyl (C=O) groups is 2. The van der Waals surface area contributed by atoms with Gasteiger partial charge in [-0.05, 0) is 71.0 Å². The van der Waals surface area contributed by atoms with Gasteiger partial charge in [-0.2, -0.15) is 36.2 Å². The van der Waals surface area contributed by atoms with E-state index in [1.165, 1.54) is 24.4 Å². The minimum Gasteiger partial charge on any atom is -0.366 e. The fourth-order valence-electron chi connectivity index (χ4n) is 3.82. The summed E-state index contributed by atoms with van der Waals surface area (Å²) in [6.07, 6.45) is -9.85. The maximum atomic E-state index is 13.5. The third-order valence-corrected chi connectivity index (χ3v) is 6.44. The zero-order chi connectivity index (χ0) is 29.6. The van der Waals surface area contributed by atoms with Crippen molar-refractivity contribution in [3.8, 4) is 5.82 Å². The van der Waals surface area contributed by atoms with Crippen LogP contribution in [0.4, 0.5) is 26.3 Å². The van der Waals surface area contributed by atoms with Crippen LogP contribution in [0.25, 0.3) is 5.82 Å². The summed E-state index contributed by atoms with van der Waals surface area (Å²) >= 11 is 8.21. The molecule has 17 heteroatoms. The molecule has 3 heterocycles. The highest BCUT2D eigenvalue weighted by Gasteiger charge is 2.48. The lowest BCUT2D eigenvalue weighted by Crippen LogP contribution is -2.19. The molecule has 210 valence electrons. The molecule has 3 aromatic heterocycles. The van der Waals surface area contributed by atoms with Crippen molar-refractivity contribution < 1.29 is 35.9 Å². The highest BCUT2D eigenvalue weighted by Crippen LogP contribution is 2.38. The molecule has 1 aromatic carbocycles. The number of alkyl halides is 6. The minimum atomic E-state index is -5.42. The number of aromatic nitrogens is 6. The number of amides is 1. The van der Waals surface area contributed by atoms with E-state index in [1.54, 1.807) is 13.0 Å². The molecule has 1 amide bonds. The normalized spacial score (nSPS) is 12.1. The van der Waals surface area contributed by atoms with Gasteiger partial charge in [0.2, 0.25) is 5.91 Å². The number of halogens is 8. The molecule has 0 saturated heterocycles. The fourth-order valence-corrected chi connectivity index (χ4v) is 4.80. The Morgan fingerprint density at radius 1 is 1.02 bits per heavy atom. The Morgan fingerprint density at radius 2 is 1.65 bits per heavy atom. The number of carbonyl (C=O) groups excluding carboxylic acids is 2. The summed E-state index contributed by atoms with van der Waals surface area (Å²) in [4.78, 5) is 29.8. The minimum absolute atomic E-state index is 0.0337. The average Bonchev–Trinajstić information content (AvgIpc) is 3.46. The molecule has 0 atom stereocenters. The summed E-state index contributed by atoms with van der Waals surface area (Å²) in [5, 5.41) is 10.1. The number of nitrogens with zero attached hydrogens (tertiary/aromatic N) is 6. The molecule has 9 nitrogen and oxygen atoms in total. The lowest BCUT2D eigenvalue weighted by atomic mass is 9.96. The van der Waals surface area contributed by atoms with E-state index < -0.39 is 42.0 Å². The molecule has 40 heavy (non-hydrogen) atoms. The van der Waals surface area contributed by atoms with E-state index in [0.29, 0.717) is 14.7 Å². The highest BCUT2D eigenvalue weighted by molar-refractivity contribution is 14.1.